The van der Waals surface area contributed by atoms with E-state index in [0.29, 0.717) is 12.2 Å². The van der Waals surface area contributed by atoms with E-state index < -0.39 is 5.54 Å². The van der Waals surface area contributed by atoms with Crippen LogP contribution in [0.2, 0.25) is 0 Å². The molecule has 0 aromatic carbocycles. The maximum atomic E-state index is 11.7. The van der Waals surface area contributed by atoms with Gasteiger partial charge in [-0.15, -0.1) is 0 Å². The molecule has 0 radical (unpaired) electrons. The third-order valence-corrected chi connectivity index (χ3v) is 3.06. The molecule has 0 bridgehead atoms. The highest BCUT2D eigenvalue weighted by Crippen LogP contribution is 2.29. The van der Waals surface area contributed by atoms with E-state index in [0.717, 1.165) is 38.5 Å². The predicted molar refractivity (Wildman–Crippen MR) is 54.5 cm³/mol. The van der Waals surface area contributed by atoms with Crippen molar-refractivity contribution in [3.05, 3.63) is 0 Å². The molecule has 1 rings (SSSR count). The number of unbranched alkanes of at least 4 members (excludes halogenated alkanes) is 2. The maximum absolute atomic E-state index is 11.7. The highest BCUT2D eigenvalue weighted by molar-refractivity contribution is 5.88. The molecule has 2 heteroatoms. The van der Waals surface area contributed by atoms with Gasteiger partial charge < -0.3 is 5.73 Å². The molecule has 1 saturated carbocycles. The van der Waals surface area contributed by atoms with Crippen molar-refractivity contribution in [3.8, 4) is 0 Å². The van der Waals surface area contributed by atoms with Crippen molar-refractivity contribution in [1.29, 1.82) is 0 Å². The molecule has 2 N–H and O–H groups in total. The second-order valence-electron chi connectivity index (χ2n) is 4.24. The lowest BCUT2D eigenvalue weighted by molar-refractivity contribution is -0.124. The quantitative estimate of drug-likeness (QED) is 0.665. The van der Waals surface area contributed by atoms with E-state index in [2.05, 4.69) is 6.92 Å². The number of rotatable bonds is 5. The van der Waals surface area contributed by atoms with Crippen LogP contribution in [0.3, 0.4) is 0 Å². The van der Waals surface area contributed by atoms with Gasteiger partial charge in [0.15, 0.2) is 5.78 Å². The van der Waals surface area contributed by atoms with Crippen LogP contribution < -0.4 is 5.73 Å². The lowest BCUT2D eigenvalue weighted by Gasteiger charge is -2.21. The molecule has 0 spiro atoms. The average Bonchev–Trinajstić information content (AvgIpc) is 2.54. The highest BCUT2D eigenvalue weighted by atomic mass is 16.1. The van der Waals surface area contributed by atoms with Crippen LogP contribution in [-0.2, 0) is 4.79 Å². The van der Waals surface area contributed by atoms with Crippen molar-refractivity contribution < 1.29 is 4.79 Å². The minimum absolute atomic E-state index is 0.304. The number of carbonyl (C=O) groups is 1. The van der Waals surface area contributed by atoms with E-state index in [1.807, 2.05) is 0 Å². The first-order chi connectivity index (χ1) is 6.19. The molecule has 0 unspecified atom stereocenters. The molecule has 0 saturated heterocycles. The van der Waals surface area contributed by atoms with Crippen LogP contribution in [0.5, 0.6) is 0 Å². The summed E-state index contributed by atoms with van der Waals surface area (Å²) < 4.78 is 0. The van der Waals surface area contributed by atoms with Crippen molar-refractivity contribution >= 4 is 5.78 Å². The Labute approximate surface area is 80.9 Å². The zero-order chi connectivity index (χ0) is 9.73. The molecule has 0 aromatic heterocycles. The second kappa shape index (κ2) is 4.75. The Kier molecular flexibility index (Phi) is 3.91. The van der Waals surface area contributed by atoms with Gasteiger partial charge in [0.1, 0.15) is 0 Å². The minimum Gasteiger partial charge on any atom is -0.319 e. The lowest BCUT2D eigenvalue weighted by atomic mass is 9.90. The molecule has 0 aromatic rings. The van der Waals surface area contributed by atoms with Gasteiger partial charge in [-0.1, -0.05) is 32.6 Å². The Morgan fingerprint density at radius 2 is 1.92 bits per heavy atom. The zero-order valence-electron chi connectivity index (χ0n) is 8.64. The van der Waals surface area contributed by atoms with Gasteiger partial charge in [-0.3, -0.25) is 4.79 Å². The predicted octanol–water partition coefficient (Wildman–Crippen LogP) is 2.41. The summed E-state index contributed by atoms with van der Waals surface area (Å²) in [6, 6.07) is 0. The Morgan fingerprint density at radius 3 is 2.46 bits per heavy atom. The maximum Gasteiger partial charge on any atom is 0.152 e. The standard InChI is InChI=1S/C11H21NO/c1-2-3-4-7-10(13)11(12)8-5-6-9-11/h2-9,12H2,1H3. The highest BCUT2D eigenvalue weighted by Gasteiger charge is 2.35. The summed E-state index contributed by atoms with van der Waals surface area (Å²) in [5.74, 6) is 0.304. The molecular formula is C11H21NO. The van der Waals surface area contributed by atoms with Crippen molar-refractivity contribution in [2.75, 3.05) is 0 Å². The van der Waals surface area contributed by atoms with Crippen LogP contribution in [0.1, 0.15) is 58.3 Å². The summed E-state index contributed by atoms with van der Waals surface area (Å²) in [6.45, 7) is 2.15. The number of hydrogen-bond donors (Lipinski definition) is 1. The van der Waals surface area contributed by atoms with Gasteiger partial charge in [0.2, 0.25) is 0 Å². The summed E-state index contributed by atoms with van der Waals surface area (Å²) in [5, 5.41) is 0. The van der Waals surface area contributed by atoms with E-state index in [1.165, 1.54) is 6.42 Å². The molecule has 0 amide bonds. The fraction of sp³-hybridized carbons (Fsp3) is 0.909. The van der Waals surface area contributed by atoms with Gasteiger partial charge in [0.25, 0.3) is 0 Å². The summed E-state index contributed by atoms with van der Waals surface area (Å²) in [5.41, 5.74) is 5.60. The van der Waals surface area contributed by atoms with E-state index in [9.17, 15) is 4.79 Å². The first-order valence-electron chi connectivity index (χ1n) is 5.51. The second-order valence-corrected chi connectivity index (χ2v) is 4.24. The van der Waals surface area contributed by atoms with Crippen LogP contribution in [0.4, 0.5) is 0 Å². The lowest BCUT2D eigenvalue weighted by Crippen LogP contribution is -2.45. The number of carbonyl (C=O) groups excluding carboxylic acids is 1. The average molecular weight is 183 g/mol. The van der Waals surface area contributed by atoms with Crippen LogP contribution in [0.25, 0.3) is 0 Å². The third kappa shape index (κ3) is 2.80. The van der Waals surface area contributed by atoms with Gasteiger partial charge in [0.05, 0.1) is 5.54 Å². The van der Waals surface area contributed by atoms with Gasteiger partial charge >= 0.3 is 0 Å². The smallest absolute Gasteiger partial charge is 0.152 e. The summed E-state index contributed by atoms with van der Waals surface area (Å²) in [4.78, 5) is 11.7. The first-order valence-corrected chi connectivity index (χ1v) is 5.51. The SMILES string of the molecule is CCCCCC(=O)C1(N)CCCC1. The molecule has 2 nitrogen and oxygen atoms in total. The van der Waals surface area contributed by atoms with Crippen molar-refractivity contribution in [3.63, 3.8) is 0 Å². The van der Waals surface area contributed by atoms with E-state index >= 15 is 0 Å². The monoisotopic (exact) mass is 183 g/mol. The molecule has 1 fully saturated rings. The van der Waals surface area contributed by atoms with Crippen LogP contribution in [0.15, 0.2) is 0 Å². The largest absolute Gasteiger partial charge is 0.319 e. The Balaban J connectivity index is 2.29. The molecule has 0 heterocycles. The fourth-order valence-electron chi connectivity index (χ4n) is 2.07. The summed E-state index contributed by atoms with van der Waals surface area (Å²) in [6.07, 6.45) is 8.15. The normalized spacial score (nSPS) is 20.5. The number of hydrogen-bond acceptors (Lipinski definition) is 2. The van der Waals surface area contributed by atoms with E-state index in [4.69, 9.17) is 5.73 Å². The van der Waals surface area contributed by atoms with Crippen LogP contribution >= 0.6 is 0 Å². The Morgan fingerprint density at radius 1 is 1.31 bits per heavy atom. The summed E-state index contributed by atoms with van der Waals surface area (Å²) in [7, 11) is 0. The van der Waals surface area contributed by atoms with Gasteiger partial charge in [-0.25, -0.2) is 0 Å². The van der Waals surface area contributed by atoms with Crippen LogP contribution in [-0.4, -0.2) is 11.3 Å². The molecule has 1 aliphatic carbocycles. The van der Waals surface area contributed by atoms with E-state index in [-0.39, 0.29) is 0 Å². The fourth-order valence-corrected chi connectivity index (χ4v) is 2.07. The summed E-state index contributed by atoms with van der Waals surface area (Å²) >= 11 is 0. The van der Waals surface area contributed by atoms with Crippen molar-refractivity contribution in [1.82, 2.24) is 0 Å². The number of Topliss-reactive ketones (excluding diaryl/α,β-unsaturated/α-hetero) is 1. The molecule has 0 atom stereocenters. The molecule has 76 valence electrons. The molecular weight excluding hydrogens is 162 g/mol. The Bertz CT molecular complexity index is 171. The minimum atomic E-state index is -0.437. The number of nitrogens with two attached hydrogens (primary N) is 1. The molecule has 1 aliphatic rings. The van der Waals surface area contributed by atoms with Crippen molar-refractivity contribution in [2.24, 2.45) is 5.73 Å². The van der Waals surface area contributed by atoms with Crippen molar-refractivity contribution in [2.45, 2.75) is 63.8 Å². The Hall–Kier alpha value is -0.370. The van der Waals surface area contributed by atoms with Gasteiger partial charge in [-0.05, 0) is 19.3 Å². The first kappa shape index (κ1) is 10.7. The zero-order valence-corrected chi connectivity index (χ0v) is 8.64. The third-order valence-electron chi connectivity index (χ3n) is 3.06. The van der Waals surface area contributed by atoms with Gasteiger partial charge in [-0.2, -0.15) is 0 Å². The van der Waals surface area contributed by atoms with Crippen LogP contribution in [0, 0.1) is 0 Å². The van der Waals surface area contributed by atoms with Gasteiger partial charge in [0, 0.05) is 6.42 Å². The molecule has 0 aliphatic heterocycles. The van der Waals surface area contributed by atoms with E-state index in [1.54, 1.807) is 0 Å². The molecule has 13 heavy (non-hydrogen) atoms. The number of ketones is 1. The topological polar surface area (TPSA) is 43.1 Å².